The van der Waals surface area contributed by atoms with E-state index >= 15 is 0 Å². The summed E-state index contributed by atoms with van der Waals surface area (Å²) in [6.07, 6.45) is 7.63. The lowest BCUT2D eigenvalue weighted by molar-refractivity contribution is 0.00499. The van der Waals surface area contributed by atoms with Gasteiger partial charge in [-0.3, -0.25) is 4.98 Å². The minimum absolute atomic E-state index is 0.226. The molecule has 0 saturated carbocycles. The second-order valence-corrected chi connectivity index (χ2v) is 7.55. The molecular formula is C28H31NO7. The number of carboxylic acids is 1. The fourth-order valence-corrected chi connectivity index (χ4v) is 3.01. The molecule has 0 aliphatic rings. The largest absolute Gasteiger partial charge is 0.491 e. The lowest BCUT2D eigenvalue weighted by Crippen LogP contribution is -2.14. The summed E-state index contributed by atoms with van der Waals surface area (Å²) in [4.78, 5) is 14.8. The third-order valence-corrected chi connectivity index (χ3v) is 4.89. The summed E-state index contributed by atoms with van der Waals surface area (Å²) >= 11 is 0. The number of aromatic carboxylic acids is 1. The number of nitrogens with zero attached hydrogens (tertiary/aromatic N) is 1. The van der Waals surface area contributed by atoms with Crippen LogP contribution in [0, 0.1) is 0 Å². The van der Waals surface area contributed by atoms with Gasteiger partial charge in [-0.15, -0.1) is 0 Å². The molecule has 1 heterocycles. The van der Waals surface area contributed by atoms with E-state index in [-0.39, 0.29) is 5.56 Å². The molecule has 0 aliphatic heterocycles. The molecule has 0 saturated heterocycles. The Balaban J connectivity index is 1.12. The smallest absolute Gasteiger partial charge is 0.335 e. The van der Waals surface area contributed by atoms with Gasteiger partial charge in [0.05, 0.1) is 45.2 Å². The first kappa shape index (κ1) is 26.9. The molecule has 2 aromatic carbocycles. The van der Waals surface area contributed by atoms with Crippen LogP contribution in [0.5, 0.6) is 11.5 Å². The van der Waals surface area contributed by atoms with Crippen molar-refractivity contribution >= 4 is 18.1 Å². The van der Waals surface area contributed by atoms with E-state index in [1.807, 2.05) is 48.6 Å². The average molecular weight is 494 g/mol. The lowest BCUT2D eigenvalue weighted by Gasteiger charge is -2.09. The standard InChI is InChI=1S/C28H31NO7/c30-28(31)25-5-9-27(10-6-25)36-22-20-34-18-16-32-15-17-33-19-21-35-26-7-3-23(4-8-26)1-2-24-11-13-29-14-12-24/h1-14H,15-22H2,(H,30,31)/b2-1+. The van der Waals surface area contributed by atoms with Crippen LogP contribution in [0.25, 0.3) is 12.2 Å². The zero-order chi connectivity index (χ0) is 25.3. The third kappa shape index (κ3) is 10.7. The lowest BCUT2D eigenvalue weighted by atomic mass is 10.1. The van der Waals surface area contributed by atoms with Crippen LogP contribution in [0.3, 0.4) is 0 Å². The first-order chi connectivity index (χ1) is 17.7. The van der Waals surface area contributed by atoms with E-state index in [2.05, 4.69) is 4.98 Å². The van der Waals surface area contributed by atoms with Crippen molar-refractivity contribution in [1.29, 1.82) is 0 Å². The van der Waals surface area contributed by atoms with E-state index in [1.54, 1.807) is 24.5 Å². The van der Waals surface area contributed by atoms with Gasteiger partial charge >= 0.3 is 5.97 Å². The topological polar surface area (TPSA) is 96.3 Å². The summed E-state index contributed by atoms with van der Waals surface area (Å²) in [5, 5.41) is 8.87. The normalized spacial score (nSPS) is 11.0. The molecule has 1 aromatic heterocycles. The highest BCUT2D eigenvalue weighted by molar-refractivity contribution is 5.87. The van der Waals surface area contributed by atoms with Crippen molar-refractivity contribution in [2.45, 2.75) is 0 Å². The van der Waals surface area contributed by atoms with Gasteiger partial charge in [0.1, 0.15) is 24.7 Å². The minimum atomic E-state index is -0.962. The van der Waals surface area contributed by atoms with E-state index in [4.69, 9.17) is 28.8 Å². The number of benzene rings is 2. The maximum absolute atomic E-state index is 10.8. The highest BCUT2D eigenvalue weighted by Crippen LogP contribution is 2.14. The van der Waals surface area contributed by atoms with E-state index in [0.717, 1.165) is 16.9 Å². The third-order valence-electron chi connectivity index (χ3n) is 4.89. The maximum atomic E-state index is 10.8. The molecule has 0 unspecified atom stereocenters. The molecule has 36 heavy (non-hydrogen) atoms. The molecule has 190 valence electrons. The Morgan fingerprint density at radius 1 is 0.611 bits per heavy atom. The Morgan fingerprint density at radius 2 is 1.03 bits per heavy atom. The van der Waals surface area contributed by atoms with Gasteiger partial charge in [0.15, 0.2) is 0 Å². The van der Waals surface area contributed by atoms with Crippen LogP contribution >= 0.6 is 0 Å². The van der Waals surface area contributed by atoms with Crippen molar-refractivity contribution in [1.82, 2.24) is 4.98 Å². The highest BCUT2D eigenvalue weighted by atomic mass is 16.6. The van der Waals surface area contributed by atoms with E-state index < -0.39 is 5.97 Å². The molecule has 1 N–H and O–H groups in total. The molecule has 3 rings (SSSR count). The predicted octanol–water partition coefficient (Wildman–Crippen LogP) is 4.46. The Morgan fingerprint density at radius 3 is 1.50 bits per heavy atom. The van der Waals surface area contributed by atoms with Gasteiger partial charge in [-0.2, -0.15) is 0 Å². The first-order valence-electron chi connectivity index (χ1n) is 11.7. The van der Waals surface area contributed by atoms with Gasteiger partial charge in [-0.1, -0.05) is 24.3 Å². The van der Waals surface area contributed by atoms with Gasteiger partial charge in [0.25, 0.3) is 0 Å². The average Bonchev–Trinajstić information content (AvgIpc) is 2.91. The molecule has 0 fully saturated rings. The quantitative estimate of drug-likeness (QED) is 0.276. The van der Waals surface area contributed by atoms with Crippen LogP contribution in [0.1, 0.15) is 21.5 Å². The monoisotopic (exact) mass is 493 g/mol. The highest BCUT2D eigenvalue weighted by Gasteiger charge is 2.02. The summed E-state index contributed by atoms with van der Waals surface area (Å²) in [5.41, 5.74) is 2.42. The van der Waals surface area contributed by atoms with Gasteiger partial charge in [-0.25, -0.2) is 4.79 Å². The number of pyridine rings is 1. The van der Waals surface area contributed by atoms with Crippen molar-refractivity contribution in [2.75, 3.05) is 52.9 Å². The fourth-order valence-electron chi connectivity index (χ4n) is 3.01. The molecule has 8 nitrogen and oxygen atoms in total. The first-order valence-corrected chi connectivity index (χ1v) is 11.7. The van der Waals surface area contributed by atoms with Crippen molar-refractivity contribution in [3.8, 4) is 11.5 Å². The Bertz CT molecular complexity index is 1040. The summed E-state index contributed by atoms with van der Waals surface area (Å²) < 4.78 is 27.6. The molecule has 0 atom stereocenters. The number of rotatable bonds is 17. The number of carbonyl (C=O) groups is 1. The van der Waals surface area contributed by atoms with E-state index in [1.165, 1.54) is 12.1 Å². The van der Waals surface area contributed by atoms with Crippen LogP contribution in [0.15, 0.2) is 73.1 Å². The predicted molar refractivity (Wildman–Crippen MR) is 136 cm³/mol. The molecule has 8 heteroatoms. The van der Waals surface area contributed by atoms with Crippen molar-refractivity contribution in [2.24, 2.45) is 0 Å². The number of carboxylic acid groups (broad SMARTS) is 1. The number of aromatic nitrogens is 1. The molecule has 0 bridgehead atoms. The summed E-state index contributed by atoms with van der Waals surface area (Å²) in [5.74, 6) is 0.442. The Labute approximate surface area is 211 Å². The Kier molecular flexibility index (Phi) is 12.0. The fraction of sp³-hybridized carbons (Fsp3) is 0.286. The summed E-state index contributed by atoms with van der Waals surface area (Å²) in [6, 6.07) is 18.1. The van der Waals surface area contributed by atoms with Gasteiger partial charge in [0.2, 0.25) is 0 Å². The van der Waals surface area contributed by atoms with E-state index in [9.17, 15) is 4.79 Å². The van der Waals surface area contributed by atoms with Gasteiger partial charge in [0, 0.05) is 12.4 Å². The number of ether oxygens (including phenoxy) is 5. The van der Waals surface area contributed by atoms with Crippen molar-refractivity contribution in [3.63, 3.8) is 0 Å². The van der Waals surface area contributed by atoms with Crippen LogP contribution in [-0.4, -0.2) is 68.9 Å². The molecule has 0 radical (unpaired) electrons. The zero-order valence-electron chi connectivity index (χ0n) is 20.1. The number of hydrogen-bond donors (Lipinski definition) is 1. The van der Waals surface area contributed by atoms with Gasteiger partial charge < -0.3 is 28.8 Å². The van der Waals surface area contributed by atoms with Crippen molar-refractivity contribution < 1.29 is 33.6 Å². The second kappa shape index (κ2) is 16.0. The SMILES string of the molecule is O=C(O)c1ccc(OCCOCCOCCOCCOc2ccc(/C=C/c3ccncc3)cc2)cc1. The van der Waals surface area contributed by atoms with Gasteiger partial charge in [-0.05, 0) is 59.7 Å². The van der Waals surface area contributed by atoms with Crippen LogP contribution in [0.2, 0.25) is 0 Å². The molecule has 0 spiro atoms. The molecule has 0 amide bonds. The molecule has 0 aliphatic carbocycles. The second-order valence-electron chi connectivity index (χ2n) is 7.55. The minimum Gasteiger partial charge on any atom is -0.491 e. The van der Waals surface area contributed by atoms with Crippen molar-refractivity contribution in [3.05, 3.63) is 89.7 Å². The summed E-state index contributed by atoms with van der Waals surface area (Å²) in [7, 11) is 0. The summed E-state index contributed by atoms with van der Waals surface area (Å²) in [6.45, 7) is 3.63. The molecular weight excluding hydrogens is 462 g/mol. The maximum Gasteiger partial charge on any atom is 0.335 e. The van der Waals surface area contributed by atoms with Crippen LogP contribution in [-0.2, 0) is 14.2 Å². The molecule has 3 aromatic rings. The zero-order valence-corrected chi connectivity index (χ0v) is 20.1. The Hall–Kier alpha value is -3.72. The van der Waals surface area contributed by atoms with Crippen LogP contribution in [0.4, 0.5) is 0 Å². The van der Waals surface area contributed by atoms with Crippen LogP contribution < -0.4 is 9.47 Å². The number of hydrogen-bond acceptors (Lipinski definition) is 7. The van der Waals surface area contributed by atoms with E-state index in [0.29, 0.717) is 58.6 Å².